The van der Waals surface area contributed by atoms with Gasteiger partial charge in [0.15, 0.2) is 0 Å². The molecule has 1 unspecified atom stereocenters. The Morgan fingerprint density at radius 1 is 0.970 bits per heavy atom. The molecule has 0 aromatic heterocycles. The third-order valence-electron chi connectivity index (χ3n) is 5.39. The molecule has 0 radical (unpaired) electrons. The predicted octanol–water partition coefficient (Wildman–Crippen LogP) is 5.05. The van der Waals surface area contributed by atoms with Gasteiger partial charge in [-0.2, -0.15) is 0 Å². The van der Waals surface area contributed by atoms with Crippen molar-refractivity contribution in [2.75, 3.05) is 12.0 Å². The summed E-state index contributed by atoms with van der Waals surface area (Å²) in [6, 6.07) is 11.4. The fraction of sp³-hybridized carbons (Fsp3) is 0.120. The number of Topliss-reactive ketones (excluding diaryl/α,β-unsaturated/α-hetero) is 1. The number of methoxy groups -OCH3 is 1. The average Bonchev–Trinajstić information content (AvgIpc) is 3.04. The lowest BCUT2D eigenvalue weighted by molar-refractivity contribution is -0.132. The Hall–Kier alpha value is -4.07. The van der Waals surface area contributed by atoms with E-state index < -0.39 is 40.9 Å². The molecule has 33 heavy (non-hydrogen) atoms. The van der Waals surface area contributed by atoms with Crippen molar-refractivity contribution in [1.29, 1.82) is 0 Å². The van der Waals surface area contributed by atoms with Crippen LogP contribution in [0.4, 0.5) is 18.9 Å². The van der Waals surface area contributed by atoms with E-state index in [-0.39, 0.29) is 22.6 Å². The highest BCUT2D eigenvalue weighted by Crippen LogP contribution is 2.44. The number of benzene rings is 3. The molecule has 1 saturated heterocycles. The maximum absolute atomic E-state index is 14.7. The van der Waals surface area contributed by atoms with Gasteiger partial charge in [-0.15, -0.1) is 0 Å². The molecule has 4 rings (SSSR count). The summed E-state index contributed by atoms with van der Waals surface area (Å²) in [5, 5.41) is 11.1. The molecule has 5 nitrogen and oxygen atoms in total. The number of ether oxygens (including phenoxy) is 1. The largest absolute Gasteiger partial charge is 0.507 e. The molecule has 1 fully saturated rings. The van der Waals surface area contributed by atoms with Crippen LogP contribution in [0.15, 0.2) is 66.2 Å². The summed E-state index contributed by atoms with van der Waals surface area (Å²) in [7, 11) is 1.30. The number of aliphatic hydroxyl groups excluding tert-OH is 1. The zero-order valence-electron chi connectivity index (χ0n) is 17.6. The molecule has 3 aromatic rings. The first-order valence-corrected chi connectivity index (χ1v) is 9.89. The second-order valence-electron chi connectivity index (χ2n) is 7.52. The maximum atomic E-state index is 14.7. The van der Waals surface area contributed by atoms with E-state index in [4.69, 9.17) is 4.74 Å². The van der Waals surface area contributed by atoms with Gasteiger partial charge in [0.1, 0.15) is 29.0 Å². The number of carbonyl (C=O) groups excluding carboxylic acids is 2. The zero-order valence-corrected chi connectivity index (χ0v) is 17.6. The molecule has 8 heteroatoms. The summed E-state index contributed by atoms with van der Waals surface area (Å²) < 4.78 is 47.4. The molecule has 1 atom stereocenters. The first-order chi connectivity index (χ1) is 15.7. The maximum Gasteiger partial charge on any atom is 0.300 e. The Morgan fingerprint density at radius 3 is 2.33 bits per heavy atom. The number of carbonyl (C=O) groups is 2. The summed E-state index contributed by atoms with van der Waals surface area (Å²) in [5.41, 5.74) is 0.317. The minimum absolute atomic E-state index is 0.0658. The fourth-order valence-electron chi connectivity index (χ4n) is 3.92. The molecule has 0 bridgehead atoms. The van der Waals surface area contributed by atoms with Crippen molar-refractivity contribution in [1.82, 2.24) is 0 Å². The minimum Gasteiger partial charge on any atom is -0.507 e. The van der Waals surface area contributed by atoms with Gasteiger partial charge >= 0.3 is 0 Å². The number of halogens is 3. The van der Waals surface area contributed by atoms with Gasteiger partial charge in [-0.25, -0.2) is 13.2 Å². The van der Waals surface area contributed by atoms with Gasteiger partial charge in [0, 0.05) is 6.07 Å². The lowest BCUT2D eigenvalue weighted by atomic mass is 9.94. The summed E-state index contributed by atoms with van der Waals surface area (Å²) in [5.74, 6) is -5.46. The molecule has 0 spiro atoms. The Kier molecular flexibility index (Phi) is 5.68. The molecule has 1 amide bonds. The standard InChI is InChI=1S/C25H18F3NO4/c1-13-4-3-5-14(10-13)22-21(23(30)17-11-15(26)7-9-20(17)33-2)24(31)25(32)29(22)19-8-6-16(27)12-18(19)28/h3-12,22,30H,1-2H3/b23-21+. The van der Waals surface area contributed by atoms with E-state index >= 15 is 0 Å². The second-order valence-corrected chi connectivity index (χ2v) is 7.52. The van der Waals surface area contributed by atoms with Crippen LogP contribution in [0.3, 0.4) is 0 Å². The molecule has 1 aliphatic rings. The smallest absolute Gasteiger partial charge is 0.300 e. The molecule has 3 aromatic carbocycles. The van der Waals surface area contributed by atoms with Gasteiger partial charge in [-0.3, -0.25) is 14.5 Å². The first-order valence-electron chi connectivity index (χ1n) is 9.89. The van der Waals surface area contributed by atoms with Crippen LogP contribution >= 0.6 is 0 Å². The summed E-state index contributed by atoms with van der Waals surface area (Å²) >= 11 is 0. The molecular weight excluding hydrogens is 435 g/mol. The van der Waals surface area contributed by atoms with Gasteiger partial charge in [0.25, 0.3) is 11.7 Å². The number of hydrogen-bond donors (Lipinski definition) is 1. The zero-order chi connectivity index (χ0) is 23.9. The Labute approximate surface area is 187 Å². The summed E-state index contributed by atoms with van der Waals surface area (Å²) in [6.45, 7) is 1.78. The number of rotatable bonds is 4. The van der Waals surface area contributed by atoms with Crippen molar-refractivity contribution in [3.05, 3.63) is 100 Å². The van der Waals surface area contributed by atoms with Crippen LogP contribution in [0, 0.1) is 24.4 Å². The van der Waals surface area contributed by atoms with E-state index in [0.29, 0.717) is 11.6 Å². The molecule has 168 valence electrons. The number of aryl methyl sites for hydroxylation is 1. The predicted molar refractivity (Wildman–Crippen MR) is 115 cm³/mol. The number of amides is 1. The van der Waals surface area contributed by atoms with E-state index in [2.05, 4.69) is 0 Å². The van der Waals surface area contributed by atoms with Crippen LogP contribution in [0.5, 0.6) is 5.75 Å². The number of aliphatic hydroxyl groups is 1. The second kappa shape index (κ2) is 8.46. The highest BCUT2D eigenvalue weighted by atomic mass is 19.1. The van der Waals surface area contributed by atoms with Crippen LogP contribution < -0.4 is 9.64 Å². The minimum atomic E-state index is -1.25. The Morgan fingerprint density at radius 2 is 1.67 bits per heavy atom. The normalized spacial score (nSPS) is 17.5. The average molecular weight is 453 g/mol. The van der Waals surface area contributed by atoms with Crippen molar-refractivity contribution in [3.8, 4) is 5.75 Å². The summed E-state index contributed by atoms with van der Waals surface area (Å²) in [4.78, 5) is 27.0. The molecule has 0 aliphatic carbocycles. The van der Waals surface area contributed by atoms with Gasteiger partial charge in [-0.05, 0) is 42.8 Å². The molecule has 1 heterocycles. The van der Waals surface area contributed by atoms with E-state index in [0.717, 1.165) is 34.7 Å². The highest BCUT2D eigenvalue weighted by molar-refractivity contribution is 6.51. The van der Waals surface area contributed by atoms with E-state index in [9.17, 15) is 27.9 Å². The SMILES string of the molecule is COc1ccc(F)cc1/C(O)=C1\C(=O)C(=O)N(c2ccc(F)cc2F)C1c1cccc(C)c1. The van der Waals surface area contributed by atoms with Crippen molar-refractivity contribution in [3.63, 3.8) is 0 Å². The third-order valence-corrected chi connectivity index (χ3v) is 5.39. The van der Waals surface area contributed by atoms with Crippen molar-refractivity contribution in [2.24, 2.45) is 0 Å². The van der Waals surface area contributed by atoms with Gasteiger partial charge in [0.05, 0.1) is 30.0 Å². The van der Waals surface area contributed by atoms with Crippen molar-refractivity contribution in [2.45, 2.75) is 13.0 Å². The van der Waals surface area contributed by atoms with Gasteiger partial charge < -0.3 is 9.84 Å². The molecular formula is C25H18F3NO4. The Bertz CT molecular complexity index is 1320. The molecule has 1 aliphatic heterocycles. The monoisotopic (exact) mass is 453 g/mol. The lowest BCUT2D eigenvalue weighted by Gasteiger charge is -2.26. The highest BCUT2D eigenvalue weighted by Gasteiger charge is 2.48. The number of hydrogen-bond acceptors (Lipinski definition) is 4. The number of anilines is 1. The molecule has 1 N–H and O–H groups in total. The third kappa shape index (κ3) is 3.84. The summed E-state index contributed by atoms with van der Waals surface area (Å²) in [6.07, 6.45) is 0. The Balaban J connectivity index is 2.02. The quantitative estimate of drug-likeness (QED) is 0.341. The van der Waals surface area contributed by atoms with E-state index in [1.54, 1.807) is 31.2 Å². The van der Waals surface area contributed by atoms with Crippen LogP contribution in [0.25, 0.3) is 5.76 Å². The molecule has 0 saturated carbocycles. The van der Waals surface area contributed by atoms with Crippen LogP contribution in [-0.2, 0) is 9.59 Å². The topological polar surface area (TPSA) is 66.8 Å². The first kappa shape index (κ1) is 22.1. The van der Waals surface area contributed by atoms with Crippen LogP contribution in [0.2, 0.25) is 0 Å². The fourth-order valence-corrected chi connectivity index (χ4v) is 3.92. The van der Waals surface area contributed by atoms with Crippen molar-refractivity contribution < 1.29 is 32.6 Å². The van der Waals surface area contributed by atoms with E-state index in [1.807, 2.05) is 0 Å². The van der Waals surface area contributed by atoms with Crippen LogP contribution in [-0.4, -0.2) is 23.9 Å². The lowest BCUT2D eigenvalue weighted by Crippen LogP contribution is -2.30. The van der Waals surface area contributed by atoms with Crippen LogP contribution in [0.1, 0.15) is 22.7 Å². The van der Waals surface area contributed by atoms with E-state index in [1.165, 1.54) is 13.2 Å². The number of nitrogens with zero attached hydrogens (tertiary/aromatic N) is 1. The van der Waals surface area contributed by atoms with Gasteiger partial charge in [0.2, 0.25) is 0 Å². The van der Waals surface area contributed by atoms with Crippen molar-refractivity contribution >= 4 is 23.1 Å². The van der Waals surface area contributed by atoms with Gasteiger partial charge in [-0.1, -0.05) is 29.8 Å². The number of ketones is 1.